The van der Waals surface area contributed by atoms with E-state index in [4.69, 9.17) is 4.42 Å². The van der Waals surface area contributed by atoms with Gasteiger partial charge in [-0.05, 0) is 81.9 Å². The van der Waals surface area contributed by atoms with Crippen LogP contribution >= 0.6 is 11.3 Å². The normalized spacial score (nSPS) is 11.8. The van der Waals surface area contributed by atoms with Crippen molar-refractivity contribution in [3.63, 3.8) is 0 Å². The van der Waals surface area contributed by atoms with Crippen molar-refractivity contribution >= 4 is 92.1 Å². The van der Waals surface area contributed by atoms with Gasteiger partial charge in [0.2, 0.25) is 0 Å². The van der Waals surface area contributed by atoms with Gasteiger partial charge < -0.3 is 9.32 Å². The summed E-state index contributed by atoms with van der Waals surface area (Å²) in [5.74, 6) is 0. The minimum Gasteiger partial charge on any atom is -0.455 e. The standard InChI is InChI=1S/C44H27NOS/c1-3-12-33-28(9-1)11-7-15-34(33)30-19-22-31(23-20-30)45(32-24-26-42-38(27-32)36-14-5-6-18-41(36)47-42)39-16-8-17-40-43(39)37-25-21-29-10-2-4-13-35(29)44(37)46-40/h1-27H. The lowest BCUT2D eigenvalue weighted by Gasteiger charge is -2.26. The number of thiophene rings is 1. The Hall–Kier alpha value is -5.90. The molecule has 10 aromatic rings. The van der Waals surface area contributed by atoms with Crippen LogP contribution < -0.4 is 4.90 Å². The molecule has 0 spiro atoms. The largest absolute Gasteiger partial charge is 0.455 e. The Kier molecular flexibility index (Phi) is 5.78. The number of anilines is 3. The molecule has 2 heterocycles. The van der Waals surface area contributed by atoms with Crippen molar-refractivity contribution in [2.45, 2.75) is 0 Å². The van der Waals surface area contributed by atoms with Crippen LogP contribution in [0, 0.1) is 0 Å². The average Bonchev–Trinajstić information content (AvgIpc) is 3.71. The van der Waals surface area contributed by atoms with E-state index in [9.17, 15) is 0 Å². The molecule has 2 aromatic heterocycles. The van der Waals surface area contributed by atoms with Gasteiger partial charge in [-0.25, -0.2) is 0 Å². The van der Waals surface area contributed by atoms with Gasteiger partial charge in [-0.3, -0.25) is 0 Å². The van der Waals surface area contributed by atoms with E-state index in [0.717, 1.165) is 44.4 Å². The van der Waals surface area contributed by atoms with Gasteiger partial charge in [0.25, 0.3) is 0 Å². The summed E-state index contributed by atoms with van der Waals surface area (Å²) in [6.07, 6.45) is 0. The van der Waals surface area contributed by atoms with E-state index in [1.807, 2.05) is 11.3 Å². The molecule has 0 aliphatic carbocycles. The van der Waals surface area contributed by atoms with Crippen LogP contribution in [-0.4, -0.2) is 0 Å². The maximum atomic E-state index is 6.64. The molecule has 0 bridgehead atoms. The van der Waals surface area contributed by atoms with Crippen LogP contribution in [-0.2, 0) is 0 Å². The van der Waals surface area contributed by atoms with Crippen LogP contribution in [0.1, 0.15) is 0 Å². The highest BCUT2D eigenvalue weighted by atomic mass is 32.1. The Morgan fingerprint density at radius 3 is 2.00 bits per heavy atom. The van der Waals surface area contributed by atoms with E-state index in [1.165, 1.54) is 47.5 Å². The molecule has 2 nitrogen and oxygen atoms in total. The van der Waals surface area contributed by atoms with Crippen LogP contribution in [0.2, 0.25) is 0 Å². The summed E-state index contributed by atoms with van der Waals surface area (Å²) in [7, 11) is 0. The van der Waals surface area contributed by atoms with Crippen molar-refractivity contribution in [2.24, 2.45) is 0 Å². The highest BCUT2D eigenvalue weighted by Gasteiger charge is 2.21. The van der Waals surface area contributed by atoms with Crippen molar-refractivity contribution in [2.75, 3.05) is 4.90 Å². The first-order valence-corrected chi connectivity index (χ1v) is 16.7. The number of fused-ring (bicyclic) bond motifs is 9. The highest BCUT2D eigenvalue weighted by molar-refractivity contribution is 7.25. The fourth-order valence-corrected chi connectivity index (χ4v) is 8.36. The predicted octanol–water partition coefficient (Wildman–Crippen LogP) is 13.4. The Bertz CT molecular complexity index is 2800. The second kappa shape index (κ2) is 10.3. The summed E-state index contributed by atoms with van der Waals surface area (Å²) < 4.78 is 9.23. The molecule has 47 heavy (non-hydrogen) atoms. The van der Waals surface area contributed by atoms with E-state index < -0.39 is 0 Å². The third-order valence-corrected chi connectivity index (χ3v) is 10.6. The molecule has 3 heteroatoms. The van der Waals surface area contributed by atoms with Gasteiger partial charge in [-0.1, -0.05) is 109 Å². The second-order valence-electron chi connectivity index (χ2n) is 12.1. The summed E-state index contributed by atoms with van der Waals surface area (Å²) in [6, 6.07) is 59.0. The molecule has 220 valence electrons. The van der Waals surface area contributed by atoms with Crippen LogP contribution in [0.15, 0.2) is 168 Å². The molecular formula is C44H27NOS. The molecule has 0 amide bonds. The number of nitrogens with zero attached hydrogens (tertiary/aromatic N) is 1. The third-order valence-electron chi connectivity index (χ3n) is 9.45. The Balaban J connectivity index is 1.22. The molecule has 0 fully saturated rings. The maximum Gasteiger partial charge on any atom is 0.143 e. The topological polar surface area (TPSA) is 16.4 Å². The SMILES string of the molecule is c1ccc2c(-c3ccc(N(c4ccc5sc6ccccc6c5c4)c4cccc5oc6c7ccccc7ccc6c45)cc3)cccc2c1. The minimum atomic E-state index is 0.883. The van der Waals surface area contributed by atoms with Crippen LogP contribution in [0.3, 0.4) is 0 Å². The number of hydrogen-bond donors (Lipinski definition) is 0. The fourth-order valence-electron chi connectivity index (χ4n) is 7.27. The number of benzene rings is 8. The summed E-state index contributed by atoms with van der Waals surface area (Å²) in [4.78, 5) is 2.39. The average molecular weight is 618 g/mol. The van der Waals surface area contributed by atoms with Crippen molar-refractivity contribution < 1.29 is 4.42 Å². The molecular weight excluding hydrogens is 591 g/mol. The molecule has 0 saturated heterocycles. The zero-order chi connectivity index (χ0) is 30.9. The number of furan rings is 1. The van der Waals surface area contributed by atoms with E-state index in [1.54, 1.807) is 0 Å². The molecule has 8 aromatic carbocycles. The first-order chi connectivity index (χ1) is 23.3. The molecule has 0 atom stereocenters. The highest BCUT2D eigenvalue weighted by Crippen LogP contribution is 2.46. The lowest BCUT2D eigenvalue weighted by atomic mass is 9.98. The molecule has 0 N–H and O–H groups in total. The fraction of sp³-hybridized carbons (Fsp3) is 0. The lowest BCUT2D eigenvalue weighted by Crippen LogP contribution is -2.10. The van der Waals surface area contributed by atoms with Crippen molar-refractivity contribution in [1.82, 2.24) is 0 Å². The molecule has 0 aliphatic heterocycles. The molecule has 0 radical (unpaired) electrons. The van der Waals surface area contributed by atoms with Gasteiger partial charge in [0, 0.05) is 42.3 Å². The second-order valence-corrected chi connectivity index (χ2v) is 13.2. The van der Waals surface area contributed by atoms with Crippen molar-refractivity contribution in [3.05, 3.63) is 164 Å². The van der Waals surface area contributed by atoms with Gasteiger partial charge in [0.1, 0.15) is 11.2 Å². The zero-order valence-electron chi connectivity index (χ0n) is 25.4. The third kappa shape index (κ3) is 4.10. The van der Waals surface area contributed by atoms with Crippen molar-refractivity contribution in [3.8, 4) is 11.1 Å². The van der Waals surface area contributed by atoms with Gasteiger partial charge in [0.15, 0.2) is 0 Å². The maximum absolute atomic E-state index is 6.64. The Labute approximate surface area is 275 Å². The summed E-state index contributed by atoms with van der Waals surface area (Å²) in [6.45, 7) is 0. The van der Waals surface area contributed by atoms with Crippen LogP contribution in [0.4, 0.5) is 17.1 Å². The van der Waals surface area contributed by atoms with Gasteiger partial charge in [-0.15, -0.1) is 11.3 Å². The monoisotopic (exact) mass is 617 g/mol. The van der Waals surface area contributed by atoms with Crippen LogP contribution in [0.5, 0.6) is 0 Å². The first-order valence-electron chi connectivity index (χ1n) is 15.9. The zero-order valence-corrected chi connectivity index (χ0v) is 26.2. The van der Waals surface area contributed by atoms with Gasteiger partial charge in [-0.2, -0.15) is 0 Å². The molecule has 0 saturated carbocycles. The Morgan fingerprint density at radius 2 is 1.13 bits per heavy atom. The Morgan fingerprint density at radius 1 is 0.447 bits per heavy atom. The molecule has 0 aliphatic rings. The number of rotatable bonds is 4. The van der Waals surface area contributed by atoms with Crippen LogP contribution in [0.25, 0.3) is 74.8 Å². The van der Waals surface area contributed by atoms with E-state index >= 15 is 0 Å². The quantitative estimate of drug-likeness (QED) is 0.195. The minimum absolute atomic E-state index is 0.883. The van der Waals surface area contributed by atoms with Gasteiger partial charge in [0.05, 0.1) is 11.1 Å². The predicted molar refractivity (Wildman–Crippen MR) is 202 cm³/mol. The lowest BCUT2D eigenvalue weighted by molar-refractivity contribution is 0.672. The van der Waals surface area contributed by atoms with Crippen molar-refractivity contribution in [1.29, 1.82) is 0 Å². The molecule has 10 rings (SSSR count). The van der Waals surface area contributed by atoms with E-state index in [2.05, 4.69) is 169 Å². The van der Waals surface area contributed by atoms with Gasteiger partial charge >= 0.3 is 0 Å². The van der Waals surface area contributed by atoms with E-state index in [0.29, 0.717) is 0 Å². The van der Waals surface area contributed by atoms with E-state index in [-0.39, 0.29) is 0 Å². The number of hydrogen-bond acceptors (Lipinski definition) is 3. The smallest absolute Gasteiger partial charge is 0.143 e. The summed E-state index contributed by atoms with van der Waals surface area (Å²) >= 11 is 1.85. The summed E-state index contributed by atoms with van der Waals surface area (Å²) in [5.41, 5.74) is 7.54. The summed E-state index contributed by atoms with van der Waals surface area (Å²) in [5, 5.41) is 9.61. The molecule has 0 unspecified atom stereocenters. The first kappa shape index (κ1) is 26.3.